The second-order valence-electron chi connectivity index (χ2n) is 6.59. The summed E-state index contributed by atoms with van der Waals surface area (Å²) in [5.41, 5.74) is 1.05. The fourth-order valence-corrected chi connectivity index (χ4v) is 3.85. The molecule has 1 aliphatic rings. The Kier molecular flexibility index (Phi) is 5.78. The third kappa shape index (κ3) is 5.76. The van der Waals surface area contributed by atoms with Crippen LogP contribution in [-0.4, -0.2) is 41.4 Å². The van der Waals surface area contributed by atoms with Crippen molar-refractivity contribution < 1.29 is 9.53 Å². The number of ether oxygens (including phenoxy) is 1. The van der Waals surface area contributed by atoms with Crippen molar-refractivity contribution in [3.8, 4) is 0 Å². The first-order valence-electron chi connectivity index (χ1n) is 7.66. The normalized spacial score (nSPS) is 22.0. The SMILES string of the molecule is CC(C)(C)OC(=O)C1CCN(Cc2ccccc2)CCP1. The molecule has 0 N–H and O–H groups in total. The molecule has 0 spiro atoms. The van der Waals surface area contributed by atoms with Gasteiger partial charge >= 0.3 is 5.97 Å². The van der Waals surface area contributed by atoms with Gasteiger partial charge in [0, 0.05) is 13.1 Å². The number of benzene rings is 1. The van der Waals surface area contributed by atoms with Crippen LogP contribution in [-0.2, 0) is 16.1 Å². The van der Waals surface area contributed by atoms with Gasteiger partial charge in [-0.15, -0.1) is 8.58 Å². The summed E-state index contributed by atoms with van der Waals surface area (Å²) in [4.78, 5) is 14.6. The fraction of sp³-hybridized carbons (Fsp3) is 0.588. The Bertz CT molecular complexity index is 456. The summed E-state index contributed by atoms with van der Waals surface area (Å²) < 4.78 is 5.54. The maximum Gasteiger partial charge on any atom is 0.313 e. The molecule has 0 aromatic heterocycles. The lowest BCUT2D eigenvalue weighted by molar-refractivity contribution is -0.154. The standard InChI is InChI=1S/C17H26NO2P/c1-17(2,3)20-16(19)15-9-10-18(11-12-21-15)13-14-7-5-4-6-8-14/h4-8,15,21H,9-13H2,1-3H3. The van der Waals surface area contributed by atoms with Crippen LogP contribution in [0.1, 0.15) is 32.8 Å². The molecule has 2 atom stereocenters. The van der Waals surface area contributed by atoms with Gasteiger partial charge in [0.2, 0.25) is 0 Å². The largest absolute Gasteiger partial charge is 0.459 e. The molecular formula is C17H26NO2P. The van der Waals surface area contributed by atoms with Crippen molar-refractivity contribution in [3.05, 3.63) is 35.9 Å². The predicted molar refractivity (Wildman–Crippen MR) is 89.2 cm³/mol. The zero-order valence-electron chi connectivity index (χ0n) is 13.3. The predicted octanol–water partition coefficient (Wildman–Crippen LogP) is 3.28. The molecule has 3 nitrogen and oxygen atoms in total. The molecule has 2 unspecified atom stereocenters. The van der Waals surface area contributed by atoms with Crippen molar-refractivity contribution in [2.45, 2.75) is 45.0 Å². The molecule has 1 aromatic carbocycles. The molecule has 0 amide bonds. The first-order valence-corrected chi connectivity index (χ1v) is 8.95. The summed E-state index contributed by atoms with van der Waals surface area (Å²) in [6.07, 6.45) is 2.01. The minimum Gasteiger partial charge on any atom is -0.459 e. The van der Waals surface area contributed by atoms with Crippen molar-refractivity contribution >= 4 is 14.6 Å². The van der Waals surface area contributed by atoms with Crippen LogP contribution in [0.4, 0.5) is 0 Å². The van der Waals surface area contributed by atoms with Gasteiger partial charge < -0.3 is 4.74 Å². The molecule has 0 bridgehead atoms. The van der Waals surface area contributed by atoms with Crippen LogP contribution in [0.3, 0.4) is 0 Å². The number of hydrogen-bond donors (Lipinski definition) is 0. The van der Waals surface area contributed by atoms with Crippen LogP contribution in [0.15, 0.2) is 30.3 Å². The highest BCUT2D eigenvalue weighted by molar-refractivity contribution is 7.40. The average molecular weight is 307 g/mol. The Morgan fingerprint density at radius 2 is 2.00 bits per heavy atom. The van der Waals surface area contributed by atoms with Crippen LogP contribution >= 0.6 is 8.58 Å². The third-order valence-corrected chi connectivity index (χ3v) is 5.02. The minimum absolute atomic E-state index is 0.0117. The molecule has 4 heteroatoms. The topological polar surface area (TPSA) is 29.5 Å². The van der Waals surface area contributed by atoms with Gasteiger partial charge in [0.1, 0.15) is 5.60 Å². The average Bonchev–Trinajstić information content (AvgIpc) is 2.64. The molecule has 116 valence electrons. The van der Waals surface area contributed by atoms with Crippen LogP contribution in [0.2, 0.25) is 0 Å². The number of nitrogens with zero attached hydrogens (tertiary/aromatic N) is 1. The molecule has 1 aliphatic heterocycles. The lowest BCUT2D eigenvalue weighted by Crippen LogP contribution is -2.31. The minimum atomic E-state index is -0.377. The molecular weight excluding hydrogens is 281 g/mol. The zero-order valence-corrected chi connectivity index (χ0v) is 14.3. The second kappa shape index (κ2) is 7.38. The van der Waals surface area contributed by atoms with Gasteiger partial charge in [0.15, 0.2) is 0 Å². The molecule has 1 heterocycles. The van der Waals surface area contributed by atoms with E-state index >= 15 is 0 Å². The van der Waals surface area contributed by atoms with E-state index in [9.17, 15) is 4.79 Å². The van der Waals surface area contributed by atoms with Crippen molar-refractivity contribution in [1.82, 2.24) is 4.90 Å². The van der Waals surface area contributed by atoms with E-state index in [2.05, 4.69) is 29.2 Å². The van der Waals surface area contributed by atoms with Crippen LogP contribution in [0, 0.1) is 0 Å². The summed E-state index contributed by atoms with van der Waals surface area (Å²) in [5.74, 6) is -0.0117. The van der Waals surface area contributed by atoms with Gasteiger partial charge in [-0.05, 0) is 45.5 Å². The highest BCUT2D eigenvalue weighted by Crippen LogP contribution is 2.28. The van der Waals surface area contributed by atoms with Gasteiger partial charge in [0.25, 0.3) is 0 Å². The van der Waals surface area contributed by atoms with Crippen LogP contribution in [0.5, 0.6) is 0 Å². The van der Waals surface area contributed by atoms with Crippen LogP contribution in [0.25, 0.3) is 0 Å². The monoisotopic (exact) mass is 307 g/mol. The quantitative estimate of drug-likeness (QED) is 0.634. The summed E-state index contributed by atoms with van der Waals surface area (Å²) in [5, 5.41) is 0. The van der Waals surface area contributed by atoms with E-state index in [1.807, 2.05) is 26.8 Å². The Morgan fingerprint density at radius 3 is 2.67 bits per heavy atom. The van der Waals surface area contributed by atoms with E-state index < -0.39 is 0 Å². The van der Waals surface area contributed by atoms with Crippen molar-refractivity contribution in [2.24, 2.45) is 0 Å². The summed E-state index contributed by atoms with van der Waals surface area (Å²) in [6, 6.07) is 10.5. The summed E-state index contributed by atoms with van der Waals surface area (Å²) in [7, 11) is 0.683. The molecule has 2 rings (SSSR count). The van der Waals surface area contributed by atoms with Crippen molar-refractivity contribution in [1.29, 1.82) is 0 Å². The number of carbonyl (C=O) groups excluding carboxylic acids is 1. The number of carbonyl (C=O) groups is 1. The Balaban J connectivity index is 1.86. The molecule has 1 saturated heterocycles. The van der Waals surface area contributed by atoms with E-state index in [0.717, 1.165) is 32.2 Å². The van der Waals surface area contributed by atoms with Gasteiger partial charge in [0.05, 0.1) is 5.66 Å². The first kappa shape index (κ1) is 16.5. The van der Waals surface area contributed by atoms with E-state index in [1.54, 1.807) is 0 Å². The van der Waals surface area contributed by atoms with E-state index in [4.69, 9.17) is 4.74 Å². The molecule has 0 radical (unpaired) electrons. The van der Waals surface area contributed by atoms with Crippen molar-refractivity contribution in [3.63, 3.8) is 0 Å². The Hall–Kier alpha value is -0.920. The number of esters is 1. The van der Waals surface area contributed by atoms with Crippen LogP contribution < -0.4 is 0 Å². The Morgan fingerprint density at radius 1 is 1.29 bits per heavy atom. The highest BCUT2D eigenvalue weighted by atomic mass is 31.1. The zero-order chi connectivity index (χ0) is 15.3. The lowest BCUT2D eigenvalue weighted by atomic mass is 10.2. The van der Waals surface area contributed by atoms with Crippen molar-refractivity contribution in [2.75, 3.05) is 19.3 Å². The lowest BCUT2D eigenvalue weighted by Gasteiger charge is -2.23. The van der Waals surface area contributed by atoms with Gasteiger partial charge in [-0.1, -0.05) is 30.3 Å². The van der Waals surface area contributed by atoms with E-state index in [-0.39, 0.29) is 17.2 Å². The van der Waals surface area contributed by atoms with Gasteiger partial charge in [-0.3, -0.25) is 9.69 Å². The summed E-state index contributed by atoms with van der Waals surface area (Å²) >= 11 is 0. The molecule has 0 saturated carbocycles. The highest BCUT2D eigenvalue weighted by Gasteiger charge is 2.27. The maximum atomic E-state index is 12.2. The van der Waals surface area contributed by atoms with Gasteiger partial charge in [-0.2, -0.15) is 0 Å². The van der Waals surface area contributed by atoms with Gasteiger partial charge in [-0.25, -0.2) is 0 Å². The molecule has 1 aromatic rings. The maximum absolute atomic E-state index is 12.2. The fourth-order valence-electron chi connectivity index (χ4n) is 2.50. The molecule has 1 fully saturated rings. The van der Waals surface area contributed by atoms with E-state index in [0.29, 0.717) is 8.58 Å². The third-order valence-electron chi connectivity index (χ3n) is 3.49. The van der Waals surface area contributed by atoms with E-state index in [1.165, 1.54) is 5.56 Å². The molecule has 21 heavy (non-hydrogen) atoms. The number of rotatable bonds is 3. The smallest absolute Gasteiger partial charge is 0.313 e. The Labute approximate surface area is 129 Å². The first-order chi connectivity index (χ1) is 9.94. The second-order valence-corrected chi connectivity index (χ2v) is 8.20. The number of hydrogen-bond acceptors (Lipinski definition) is 3. The summed E-state index contributed by atoms with van der Waals surface area (Å²) in [6.45, 7) is 8.84. The molecule has 0 aliphatic carbocycles.